The van der Waals surface area contributed by atoms with Crippen molar-refractivity contribution in [3.63, 3.8) is 0 Å². The molecule has 0 nitrogen and oxygen atoms in total. The average Bonchev–Trinajstić information content (AvgIpc) is 2.20. The minimum absolute atomic E-state index is 0.0100. The zero-order valence-corrected chi connectivity index (χ0v) is 14.0. The molecule has 0 amide bonds. The summed E-state index contributed by atoms with van der Waals surface area (Å²) in [6, 6.07) is 0. The summed E-state index contributed by atoms with van der Waals surface area (Å²) in [4.78, 5) is 0. The molecule has 0 fully saturated rings. The molecule has 0 rings (SSSR count). The molecule has 0 radical (unpaired) electrons. The van der Waals surface area contributed by atoms with E-state index < -0.39 is 0 Å². The highest BCUT2D eigenvalue weighted by Gasteiger charge is 1.97. The Kier molecular flexibility index (Phi) is 14.7. The molecule has 0 atom stereocenters. The summed E-state index contributed by atoms with van der Waals surface area (Å²) in [5.41, 5.74) is 0. The first kappa shape index (κ1) is 16.4. The minimum atomic E-state index is -0.0100. The maximum Gasteiger partial charge on any atom is 0.0346 e. The van der Waals surface area contributed by atoms with Gasteiger partial charge >= 0.3 is 0 Å². The van der Waals surface area contributed by atoms with E-state index in [4.69, 9.17) is 0 Å². The molecule has 0 aliphatic rings. The molecule has 0 saturated heterocycles. The lowest BCUT2D eigenvalue weighted by Crippen LogP contribution is -1.82. The van der Waals surface area contributed by atoms with Crippen LogP contribution in [0.2, 0.25) is 0 Å². The topological polar surface area (TPSA) is 0 Å². The molecule has 0 aromatic rings. The number of rotatable bonds is 11. The fourth-order valence-electron chi connectivity index (χ4n) is 1.72. The molecule has 0 spiro atoms. The first-order chi connectivity index (χ1) is 7.27. The standard InChI is InChI=1S/C12H25Br2P/c1-2-3-4-5-6-7-8-9-10-11-12-15(13)14/h2-12H2,1H3. The van der Waals surface area contributed by atoms with E-state index in [9.17, 15) is 0 Å². The van der Waals surface area contributed by atoms with Crippen LogP contribution in [0.4, 0.5) is 0 Å². The van der Waals surface area contributed by atoms with Gasteiger partial charge in [-0.2, -0.15) is 0 Å². The predicted octanol–water partition coefficient (Wildman–Crippen LogP) is 7.01. The number of halogens is 2. The normalized spacial score (nSPS) is 11.2. The van der Waals surface area contributed by atoms with Crippen LogP contribution in [0, 0.1) is 0 Å². The van der Waals surface area contributed by atoms with Crippen molar-refractivity contribution in [1.82, 2.24) is 0 Å². The summed E-state index contributed by atoms with van der Waals surface area (Å²) >= 11 is 7.15. The van der Waals surface area contributed by atoms with E-state index in [2.05, 4.69) is 37.9 Å². The second-order valence-corrected chi connectivity index (χ2v) is 13.3. The first-order valence-electron chi connectivity index (χ1n) is 6.36. The molecule has 0 aromatic heterocycles. The second kappa shape index (κ2) is 13.5. The van der Waals surface area contributed by atoms with Gasteiger partial charge in [0.15, 0.2) is 0 Å². The summed E-state index contributed by atoms with van der Waals surface area (Å²) in [6.07, 6.45) is 15.7. The lowest BCUT2D eigenvalue weighted by Gasteiger charge is -2.02. The fourth-order valence-corrected chi connectivity index (χ4v) is 3.69. The van der Waals surface area contributed by atoms with Crippen LogP contribution >= 0.6 is 36.3 Å². The van der Waals surface area contributed by atoms with E-state index in [1.54, 1.807) is 0 Å². The minimum Gasteiger partial charge on any atom is -0.0654 e. The molecule has 0 aromatic carbocycles. The van der Waals surface area contributed by atoms with Gasteiger partial charge in [0.25, 0.3) is 0 Å². The molecule has 15 heavy (non-hydrogen) atoms. The van der Waals surface area contributed by atoms with Crippen LogP contribution in [-0.2, 0) is 0 Å². The zero-order chi connectivity index (χ0) is 11.4. The van der Waals surface area contributed by atoms with Gasteiger partial charge in [-0.25, -0.2) is 0 Å². The van der Waals surface area contributed by atoms with Gasteiger partial charge in [-0.05, 0) is 43.6 Å². The Balaban J connectivity index is 2.87. The fraction of sp³-hybridized carbons (Fsp3) is 1.00. The molecule has 0 aliphatic heterocycles. The lowest BCUT2D eigenvalue weighted by molar-refractivity contribution is 0.563. The smallest absolute Gasteiger partial charge is 0.0346 e. The monoisotopic (exact) mass is 358 g/mol. The third kappa shape index (κ3) is 15.4. The summed E-state index contributed by atoms with van der Waals surface area (Å²) < 4.78 is 0. The lowest BCUT2D eigenvalue weighted by atomic mass is 10.1. The van der Waals surface area contributed by atoms with Gasteiger partial charge in [0.1, 0.15) is 0 Å². The highest BCUT2D eigenvalue weighted by molar-refractivity contribution is 9.69. The van der Waals surface area contributed by atoms with Crippen molar-refractivity contribution >= 4 is 36.3 Å². The quantitative estimate of drug-likeness (QED) is 0.275. The van der Waals surface area contributed by atoms with E-state index in [-0.39, 0.29) is 5.33 Å². The van der Waals surface area contributed by atoms with Gasteiger partial charge in [-0.15, -0.1) is 0 Å². The highest BCUT2D eigenvalue weighted by atomic mass is 79.9. The van der Waals surface area contributed by atoms with Crippen LogP contribution in [0.3, 0.4) is 0 Å². The maximum absolute atomic E-state index is 3.57. The van der Waals surface area contributed by atoms with Gasteiger partial charge in [0.2, 0.25) is 0 Å². The highest BCUT2D eigenvalue weighted by Crippen LogP contribution is 2.52. The maximum atomic E-state index is 3.57. The van der Waals surface area contributed by atoms with E-state index in [1.165, 1.54) is 70.4 Å². The predicted molar refractivity (Wildman–Crippen MR) is 81.5 cm³/mol. The Labute approximate surface area is 113 Å². The van der Waals surface area contributed by atoms with Gasteiger partial charge in [0, 0.05) is 5.33 Å². The largest absolute Gasteiger partial charge is 0.0654 e. The second-order valence-electron chi connectivity index (χ2n) is 4.21. The van der Waals surface area contributed by atoms with Crippen molar-refractivity contribution < 1.29 is 0 Å². The van der Waals surface area contributed by atoms with E-state index in [0.29, 0.717) is 0 Å². The molecule has 0 aliphatic carbocycles. The van der Waals surface area contributed by atoms with Crippen molar-refractivity contribution in [1.29, 1.82) is 0 Å². The number of hydrogen-bond acceptors (Lipinski definition) is 0. The van der Waals surface area contributed by atoms with E-state index in [1.807, 2.05) is 0 Å². The van der Waals surface area contributed by atoms with Gasteiger partial charge < -0.3 is 0 Å². The SMILES string of the molecule is CCCCCCCCCCCCP(Br)Br. The van der Waals surface area contributed by atoms with Crippen LogP contribution in [0.25, 0.3) is 0 Å². The van der Waals surface area contributed by atoms with E-state index in [0.717, 1.165) is 0 Å². The molecule has 0 saturated carbocycles. The first-order valence-corrected chi connectivity index (χ1v) is 11.9. The molecular weight excluding hydrogens is 335 g/mol. The molecule has 0 N–H and O–H groups in total. The van der Waals surface area contributed by atoms with Crippen molar-refractivity contribution in [2.75, 3.05) is 6.16 Å². The Morgan fingerprint density at radius 3 is 1.47 bits per heavy atom. The summed E-state index contributed by atoms with van der Waals surface area (Å²) in [5.74, 6) is 0. The van der Waals surface area contributed by atoms with E-state index >= 15 is 0 Å². The zero-order valence-electron chi connectivity index (χ0n) is 9.98. The molecule has 92 valence electrons. The van der Waals surface area contributed by atoms with Gasteiger partial charge in [-0.1, -0.05) is 64.7 Å². The summed E-state index contributed by atoms with van der Waals surface area (Å²) in [6.45, 7) is 2.28. The molecule has 0 bridgehead atoms. The van der Waals surface area contributed by atoms with Crippen molar-refractivity contribution in [2.45, 2.75) is 71.1 Å². The Morgan fingerprint density at radius 2 is 1.07 bits per heavy atom. The number of hydrogen-bond donors (Lipinski definition) is 0. The molecule has 0 heterocycles. The van der Waals surface area contributed by atoms with Crippen molar-refractivity contribution in [2.24, 2.45) is 0 Å². The van der Waals surface area contributed by atoms with Gasteiger partial charge in [0.05, 0.1) is 0 Å². The average molecular weight is 360 g/mol. The number of unbranched alkanes of at least 4 members (excludes halogenated alkanes) is 9. The third-order valence-electron chi connectivity index (χ3n) is 2.68. The third-order valence-corrected chi connectivity index (χ3v) is 5.46. The van der Waals surface area contributed by atoms with Crippen LogP contribution in [0.5, 0.6) is 0 Å². The van der Waals surface area contributed by atoms with Crippen LogP contribution < -0.4 is 0 Å². The molecule has 3 heteroatoms. The van der Waals surface area contributed by atoms with Crippen molar-refractivity contribution in [3.8, 4) is 0 Å². The van der Waals surface area contributed by atoms with Crippen LogP contribution in [0.1, 0.15) is 71.1 Å². The Hall–Kier alpha value is 1.39. The van der Waals surface area contributed by atoms with Crippen molar-refractivity contribution in [3.05, 3.63) is 0 Å². The Bertz CT molecular complexity index is 118. The summed E-state index contributed by atoms with van der Waals surface area (Å²) in [5, 5.41) is -0.0100. The molecule has 0 unspecified atom stereocenters. The van der Waals surface area contributed by atoms with Crippen LogP contribution in [-0.4, -0.2) is 6.16 Å². The Morgan fingerprint density at radius 1 is 0.667 bits per heavy atom. The van der Waals surface area contributed by atoms with Crippen LogP contribution in [0.15, 0.2) is 0 Å². The van der Waals surface area contributed by atoms with Gasteiger partial charge in [-0.3, -0.25) is 0 Å². The molecular formula is C12H25Br2P. The summed E-state index contributed by atoms with van der Waals surface area (Å²) in [7, 11) is 0.